The summed E-state index contributed by atoms with van der Waals surface area (Å²) in [5.41, 5.74) is 0.734. The van der Waals surface area contributed by atoms with Crippen molar-refractivity contribution in [1.82, 2.24) is 0 Å². The maximum atomic E-state index is 13.3. The fraction of sp³-hybridized carbons (Fsp3) is 0.0909. The molecular formula is C11H8BrF. The third-order valence-corrected chi connectivity index (χ3v) is 2.68. The molecule has 2 aromatic carbocycles. The summed E-state index contributed by atoms with van der Waals surface area (Å²) in [5.74, 6) is -0.143. The lowest BCUT2D eigenvalue weighted by Gasteiger charge is -2.03. The monoisotopic (exact) mass is 238 g/mol. The Bertz CT molecular complexity index is 437. The summed E-state index contributed by atoms with van der Waals surface area (Å²) < 4.78 is 13.3. The van der Waals surface area contributed by atoms with E-state index < -0.39 is 0 Å². The Morgan fingerprint density at radius 1 is 1.08 bits per heavy atom. The zero-order chi connectivity index (χ0) is 9.26. The molecule has 0 atom stereocenters. The molecule has 0 aliphatic rings. The lowest BCUT2D eigenvalue weighted by Crippen LogP contribution is -1.87. The largest absolute Gasteiger partial charge is 0.207 e. The first-order chi connectivity index (χ1) is 6.33. The van der Waals surface area contributed by atoms with Gasteiger partial charge in [-0.1, -0.05) is 46.3 Å². The molecule has 0 aromatic heterocycles. The fourth-order valence-corrected chi connectivity index (χ4v) is 2.02. The van der Waals surface area contributed by atoms with E-state index in [0.29, 0.717) is 5.33 Å². The zero-order valence-corrected chi connectivity index (χ0v) is 8.51. The second-order valence-electron chi connectivity index (χ2n) is 2.88. The molecular weight excluding hydrogens is 231 g/mol. The average molecular weight is 239 g/mol. The number of halogens is 2. The number of hydrogen-bond acceptors (Lipinski definition) is 0. The van der Waals surface area contributed by atoms with Crippen LogP contribution in [0.2, 0.25) is 0 Å². The summed E-state index contributed by atoms with van der Waals surface area (Å²) in [6.45, 7) is 0. The molecule has 0 heterocycles. The smallest absolute Gasteiger partial charge is 0.127 e. The maximum absolute atomic E-state index is 13.3. The Labute approximate surface area is 84.5 Å². The highest BCUT2D eigenvalue weighted by Gasteiger charge is 2.04. The van der Waals surface area contributed by atoms with E-state index in [1.54, 1.807) is 6.07 Å². The molecule has 0 saturated carbocycles. The van der Waals surface area contributed by atoms with Gasteiger partial charge in [0.25, 0.3) is 0 Å². The van der Waals surface area contributed by atoms with Crippen molar-refractivity contribution in [2.24, 2.45) is 0 Å². The van der Waals surface area contributed by atoms with Crippen molar-refractivity contribution in [2.75, 3.05) is 0 Å². The van der Waals surface area contributed by atoms with E-state index in [2.05, 4.69) is 15.9 Å². The molecule has 2 rings (SSSR count). The SMILES string of the molecule is Fc1ccc2ccccc2c1CBr. The van der Waals surface area contributed by atoms with Gasteiger partial charge < -0.3 is 0 Å². The van der Waals surface area contributed by atoms with Crippen LogP contribution in [0.15, 0.2) is 36.4 Å². The average Bonchev–Trinajstić information content (AvgIpc) is 2.18. The number of benzene rings is 2. The van der Waals surface area contributed by atoms with E-state index in [4.69, 9.17) is 0 Å². The van der Waals surface area contributed by atoms with Gasteiger partial charge in [-0.05, 0) is 16.8 Å². The van der Waals surface area contributed by atoms with Gasteiger partial charge in [0.1, 0.15) is 5.82 Å². The molecule has 2 heteroatoms. The van der Waals surface area contributed by atoms with Gasteiger partial charge in [-0.25, -0.2) is 4.39 Å². The highest BCUT2D eigenvalue weighted by Crippen LogP contribution is 2.23. The highest BCUT2D eigenvalue weighted by molar-refractivity contribution is 9.08. The first-order valence-corrected chi connectivity index (χ1v) is 5.17. The second-order valence-corrected chi connectivity index (χ2v) is 3.44. The van der Waals surface area contributed by atoms with Gasteiger partial charge in [-0.3, -0.25) is 0 Å². The summed E-state index contributed by atoms with van der Waals surface area (Å²) in [7, 11) is 0. The summed E-state index contributed by atoms with van der Waals surface area (Å²) in [6, 6.07) is 11.1. The Kier molecular flexibility index (Phi) is 2.32. The Morgan fingerprint density at radius 2 is 1.85 bits per heavy atom. The van der Waals surface area contributed by atoms with E-state index in [1.165, 1.54) is 6.07 Å². The van der Waals surface area contributed by atoms with Crippen molar-refractivity contribution < 1.29 is 4.39 Å². The molecule has 0 aliphatic heterocycles. The van der Waals surface area contributed by atoms with Crippen molar-refractivity contribution in [3.63, 3.8) is 0 Å². The molecule has 0 unspecified atom stereocenters. The molecule has 0 spiro atoms. The Balaban J connectivity index is 2.84. The van der Waals surface area contributed by atoms with Crippen molar-refractivity contribution >= 4 is 26.7 Å². The molecule has 0 saturated heterocycles. The normalized spacial score (nSPS) is 10.6. The van der Waals surface area contributed by atoms with E-state index in [1.807, 2.05) is 24.3 Å². The van der Waals surface area contributed by atoms with Gasteiger partial charge in [0, 0.05) is 10.9 Å². The van der Waals surface area contributed by atoms with E-state index in [0.717, 1.165) is 16.3 Å². The van der Waals surface area contributed by atoms with Crippen LogP contribution in [0.1, 0.15) is 5.56 Å². The topological polar surface area (TPSA) is 0 Å². The van der Waals surface area contributed by atoms with Crippen LogP contribution in [0.4, 0.5) is 4.39 Å². The van der Waals surface area contributed by atoms with Crippen molar-refractivity contribution in [1.29, 1.82) is 0 Å². The molecule has 0 fully saturated rings. The number of rotatable bonds is 1. The van der Waals surface area contributed by atoms with Crippen LogP contribution < -0.4 is 0 Å². The van der Waals surface area contributed by atoms with Gasteiger partial charge >= 0.3 is 0 Å². The predicted octanol–water partition coefficient (Wildman–Crippen LogP) is 3.87. The lowest BCUT2D eigenvalue weighted by molar-refractivity contribution is 0.620. The van der Waals surface area contributed by atoms with Crippen molar-refractivity contribution in [3.8, 4) is 0 Å². The van der Waals surface area contributed by atoms with Crippen LogP contribution in [-0.4, -0.2) is 0 Å². The van der Waals surface area contributed by atoms with Gasteiger partial charge in [0.15, 0.2) is 0 Å². The minimum Gasteiger partial charge on any atom is -0.207 e. The van der Waals surface area contributed by atoms with Crippen LogP contribution in [0.5, 0.6) is 0 Å². The number of fused-ring (bicyclic) bond motifs is 1. The summed E-state index contributed by atoms with van der Waals surface area (Å²) in [6.07, 6.45) is 0. The molecule has 0 N–H and O–H groups in total. The first-order valence-electron chi connectivity index (χ1n) is 4.05. The van der Waals surface area contributed by atoms with Crippen LogP contribution in [0.25, 0.3) is 10.8 Å². The molecule has 13 heavy (non-hydrogen) atoms. The van der Waals surface area contributed by atoms with Gasteiger partial charge in [0.05, 0.1) is 0 Å². The molecule has 2 aromatic rings. The molecule has 0 radical (unpaired) electrons. The zero-order valence-electron chi connectivity index (χ0n) is 6.93. The highest BCUT2D eigenvalue weighted by atomic mass is 79.9. The number of alkyl halides is 1. The first kappa shape index (κ1) is 8.70. The van der Waals surface area contributed by atoms with E-state index in [-0.39, 0.29) is 5.82 Å². The van der Waals surface area contributed by atoms with E-state index in [9.17, 15) is 4.39 Å². The predicted molar refractivity (Wildman–Crippen MR) is 56.5 cm³/mol. The second kappa shape index (κ2) is 3.46. The molecule has 0 nitrogen and oxygen atoms in total. The van der Waals surface area contributed by atoms with Crippen LogP contribution in [0, 0.1) is 5.82 Å². The lowest BCUT2D eigenvalue weighted by atomic mass is 10.1. The number of hydrogen-bond donors (Lipinski definition) is 0. The van der Waals surface area contributed by atoms with Gasteiger partial charge in [-0.15, -0.1) is 0 Å². The Morgan fingerprint density at radius 3 is 2.62 bits per heavy atom. The fourth-order valence-electron chi connectivity index (χ4n) is 1.45. The van der Waals surface area contributed by atoms with Gasteiger partial charge in [-0.2, -0.15) is 0 Å². The van der Waals surface area contributed by atoms with Crippen LogP contribution in [0.3, 0.4) is 0 Å². The Hall–Kier alpha value is -0.890. The molecule has 0 bridgehead atoms. The third-order valence-electron chi connectivity index (χ3n) is 2.12. The standard InChI is InChI=1S/C11H8BrF/c12-7-10-9-4-2-1-3-8(9)5-6-11(10)13/h1-6H,7H2. The molecule has 0 amide bonds. The van der Waals surface area contributed by atoms with Gasteiger partial charge in [0.2, 0.25) is 0 Å². The summed E-state index contributed by atoms with van der Waals surface area (Å²) in [4.78, 5) is 0. The summed E-state index contributed by atoms with van der Waals surface area (Å²) in [5, 5.41) is 2.62. The minimum atomic E-state index is -0.143. The summed E-state index contributed by atoms with van der Waals surface area (Å²) >= 11 is 3.29. The third kappa shape index (κ3) is 1.46. The maximum Gasteiger partial charge on any atom is 0.127 e. The molecule has 0 aliphatic carbocycles. The van der Waals surface area contributed by atoms with Crippen LogP contribution in [-0.2, 0) is 5.33 Å². The van der Waals surface area contributed by atoms with Crippen molar-refractivity contribution in [2.45, 2.75) is 5.33 Å². The van der Waals surface area contributed by atoms with Crippen LogP contribution >= 0.6 is 15.9 Å². The van der Waals surface area contributed by atoms with E-state index >= 15 is 0 Å². The van der Waals surface area contributed by atoms with Crippen molar-refractivity contribution in [3.05, 3.63) is 47.8 Å². The molecule has 66 valence electrons. The quantitative estimate of drug-likeness (QED) is 0.662. The minimum absolute atomic E-state index is 0.143.